The SMILES string of the molecule is [O-]c1ccccc1.[PH3+]CCCC(c1ccccc1)(c1ccccc1)c1ccccc1. The first-order valence-electron chi connectivity index (χ1n) is 10.5. The second-order valence-electron chi connectivity index (χ2n) is 7.27. The van der Waals surface area contributed by atoms with Crippen molar-refractivity contribution in [2.75, 3.05) is 6.16 Å². The molecule has 4 aromatic rings. The van der Waals surface area contributed by atoms with Crippen LogP contribution in [0, 0.1) is 0 Å². The molecule has 2 heteroatoms. The normalized spacial score (nSPS) is 10.8. The van der Waals surface area contributed by atoms with Crippen molar-refractivity contribution in [1.82, 2.24) is 0 Å². The Balaban J connectivity index is 0.000000310. The van der Waals surface area contributed by atoms with Gasteiger partial charge in [0.1, 0.15) is 0 Å². The smallest absolute Gasteiger partial charge is 0.0527 e. The van der Waals surface area contributed by atoms with Crippen LogP contribution in [0.5, 0.6) is 5.75 Å². The van der Waals surface area contributed by atoms with E-state index in [0.29, 0.717) is 0 Å². The summed E-state index contributed by atoms with van der Waals surface area (Å²) in [6, 6.07) is 41.2. The lowest BCUT2D eigenvalue weighted by Crippen LogP contribution is -2.29. The van der Waals surface area contributed by atoms with Crippen molar-refractivity contribution >= 4 is 9.24 Å². The molecule has 0 aliphatic heterocycles. The lowest BCUT2D eigenvalue weighted by atomic mass is 9.67. The van der Waals surface area contributed by atoms with Crippen LogP contribution in [0.4, 0.5) is 0 Å². The first kappa shape index (κ1) is 21.8. The molecule has 0 fully saturated rings. The van der Waals surface area contributed by atoms with Gasteiger partial charge in [0.05, 0.1) is 6.16 Å². The second-order valence-corrected chi connectivity index (χ2v) is 7.98. The van der Waals surface area contributed by atoms with Gasteiger partial charge in [0.25, 0.3) is 0 Å². The van der Waals surface area contributed by atoms with E-state index >= 15 is 0 Å². The molecule has 1 atom stereocenters. The van der Waals surface area contributed by atoms with Crippen LogP contribution in [0.25, 0.3) is 0 Å². The van der Waals surface area contributed by atoms with E-state index in [1.54, 1.807) is 12.1 Å². The molecule has 0 saturated carbocycles. The van der Waals surface area contributed by atoms with Crippen LogP contribution in [0.3, 0.4) is 0 Å². The molecule has 0 aliphatic carbocycles. The van der Waals surface area contributed by atoms with Crippen LogP contribution in [0.2, 0.25) is 0 Å². The highest BCUT2D eigenvalue weighted by Gasteiger charge is 2.35. The van der Waals surface area contributed by atoms with E-state index in [2.05, 4.69) is 100 Å². The maximum absolute atomic E-state index is 10.3. The van der Waals surface area contributed by atoms with Gasteiger partial charge in [-0.05, 0) is 38.8 Å². The van der Waals surface area contributed by atoms with Gasteiger partial charge < -0.3 is 5.11 Å². The number of benzene rings is 4. The Kier molecular flexibility index (Phi) is 8.24. The number of rotatable bonds is 6. The fourth-order valence-corrected chi connectivity index (χ4v) is 4.16. The molecule has 0 heterocycles. The lowest BCUT2D eigenvalue weighted by Gasteiger charge is -2.36. The summed E-state index contributed by atoms with van der Waals surface area (Å²) < 4.78 is 0. The monoisotopic (exact) mass is 412 g/mol. The van der Waals surface area contributed by atoms with Crippen molar-refractivity contribution in [3.63, 3.8) is 0 Å². The standard InChI is InChI=1S/C22H23P.C6H6O/c23-18-10-17-22(19-11-4-1-5-12-19,20-13-6-2-7-14-20)21-15-8-3-9-16-21;7-6-4-2-1-3-5-6/h1-9,11-16H,10,17-18,23H2;1-5,7H. The van der Waals surface area contributed by atoms with E-state index in [-0.39, 0.29) is 11.2 Å². The molecule has 30 heavy (non-hydrogen) atoms. The highest BCUT2D eigenvalue weighted by Crippen LogP contribution is 2.43. The van der Waals surface area contributed by atoms with Gasteiger partial charge in [-0.25, -0.2) is 0 Å². The summed E-state index contributed by atoms with van der Waals surface area (Å²) in [5, 5.41) is 10.3. The topological polar surface area (TPSA) is 23.1 Å². The summed E-state index contributed by atoms with van der Waals surface area (Å²) in [4.78, 5) is 0. The van der Waals surface area contributed by atoms with E-state index in [1.165, 1.54) is 41.4 Å². The Morgan fingerprint density at radius 1 is 0.533 bits per heavy atom. The first-order chi connectivity index (χ1) is 14.8. The molecule has 1 unspecified atom stereocenters. The fraction of sp³-hybridized carbons (Fsp3) is 0.143. The molecule has 152 valence electrons. The van der Waals surface area contributed by atoms with Crippen molar-refractivity contribution in [3.05, 3.63) is 138 Å². The summed E-state index contributed by atoms with van der Waals surface area (Å²) in [7, 11) is 2.07. The van der Waals surface area contributed by atoms with Crippen molar-refractivity contribution < 1.29 is 5.11 Å². The predicted molar refractivity (Wildman–Crippen MR) is 130 cm³/mol. The maximum atomic E-state index is 10.3. The highest BCUT2D eigenvalue weighted by molar-refractivity contribution is 7.16. The zero-order chi connectivity index (χ0) is 21.1. The maximum Gasteiger partial charge on any atom is 0.0527 e. The Labute approximate surface area is 182 Å². The quantitative estimate of drug-likeness (QED) is 0.274. The molecular weight excluding hydrogens is 383 g/mol. The van der Waals surface area contributed by atoms with E-state index in [9.17, 15) is 5.11 Å². The Morgan fingerprint density at radius 3 is 1.13 bits per heavy atom. The number of para-hydroxylation sites is 1. The average molecular weight is 413 g/mol. The van der Waals surface area contributed by atoms with Crippen molar-refractivity contribution in [2.24, 2.45) is 0 Å². The van der Waals surface area contributed by atoms with Gasteiger partial charge in [0.15, 0.2) is 0 Å². The Morgan fingerprint density at radius 2 is 0.867 bits per heavy atom. The number of hydrogen-bond donors (Lipinski definition) is 0. The summed E-state index contributed by atoms with van der Waals surface area (Å²) in [5.74, 6) is 0.0718. The molecule has 0 radical (unpaired) electrons. The first-order valence-corrected chi connectivity index (χ1v) is 11.5. The molecule has 0 bridgehead atoms. The molecule has 0 spiro atoms. The van der Waals surface area contributed by atoms with Gasteiger partial charge in [-0.3, -0.25) is 0 Å². The zero-order valence-corrected chi connectivity index (χ0v) is 18.7. The second kappa shape index (κ2) is 11.3. The summed E-state index contributed by atoms with van der Waals surface area (Å²) >= 11 is 0. The van der Waals surface area contributed by atoms with Gasteiger partial charge in [-0.15, -0.1) is 5.75 Å². The summed E-state index contributed by atoms with van der Waals surface area (Å²) in [5.41, 5.74) is 4.09. The molecular formula is C28H29OP. The van der Waals surface area contributed by atoms with Gasteiger partial charge >= 0.3 is 0 Å². The fourth-order valence-electron chi connectivity index (χ4n) is 3.91. The minimum Gasteiger partial charge on any atom is -0.872 e. The van der Waals surface area contributed by atoms with Crippen molar-refractivity contribution in [1.29, 1.82) is 0 Å². The van der Waals surface area contributed by atoms with E-state index in [4.69, 9.17) is 0 Å². The Hall–Kier alpha value is -2.89. The molecule has 4 rings (SSSR count). The minimum atomic E-state index is -0.0652. The summed E-state index contributed by atoms with van der Waals surface area (Å²) in [6.07, 6.45) is 3.58. The molecule has 0 aliphatic rings. The third kappa shape index (κ3) is 5.38. The molecule has 4 aromatic carbocycles. The van der Waals surface area contributed by atoms with Crippen molar-refractivity contribution in [3.8, 4) is 5.75 Å². The van der Waals surface area contributed by atoms with Crippen LogP contribution in [-0.2, 0) is 5.41 Å². The average Bonchev–Trinajstić information content (AvgIpc) is 2.83. The molecule has 0 N–H and O–H groups in total. The minimum absolute atomic E-state index is 0.0652. The third-order valence-electron chi connectivity index (χ3n) is 5.34. The van der Waals surface area contributed by atoms with Gasteiger partial charge in [-0.2, -0.15) is 0 Å². The largest absolute Gasteiger partial charge is 0.872 e. The van der Waals surface area contributed by atoms with Gasteiger partial charge in [-0.1, -0.05) is 121 Å². The van der Waals surface area contributed by atoms with Crippen molar-refractivity contribution in [2.45, 2.75) is 18.3 Å². The molecule has 0 saturated heterocycles. The molecule has 0 amide bonds. The van der Waals surface area contributed by atoms with Crippen LogP contribution in [0.15, 0.2) is 121 Å². The highest BCUT2D eigenvalue weighted by atomic mass is 31.0. The van der Waals surface area contributed by atoms with Crippen LogP contribution < -0.4 is 5.11 Å². The van der Waals surface area contributed by atoms with Crippen LogP contribution >= 0.6 is 9.24 Å². The van der Waals surface area contributed by atoms with Crippen LogP contribution in [0.1, 0.15) is 29.5 Å². The number of hydrogen-bond acceptors (Lipinski definition) is 1. The molecule has 0 aromatic heterocycles. The lowest BCUT2D eigenvalue weighted by molar-refractivity contribution is -0.268. The predicted octanol–water partition coefficient (Wildman–Crippen LogP) is 6.17. The Bertz CT molecular complexity index is 873. The van der Waals surface area contributed by atoms with E-state index < -0.39 is 0 Å². The summed E-state index contributed by atoms with van der Waals surface area (Å²) in [6.45, 7) is 0. The van der Waals surface area contributed by atoms with E-state index in [0.717, 1.165) is 6.42 Å². The zero-order valence-electron chi connectivity index (χ0n) is 17.3. The van der Waals surface area contributed by atoms with Gasteiger partial charge in [0, 0.05) is 5.41 Å². The third-order valence-corrected chi connectivity index (χ3v) is 5.84. The van der Waals surface area contributed by atoms with Gasteiger partial charge in [0.2, 0.25) is 0 Å². The van der Waals surface area contributed by atoms with Crippen LogP contribution in [-0.4, -0.2) is 6.16 Å². The van der Waals surface area contributed by atoms with E-state index in [1.807, 2.05) is 6.07 Å². The molecule has 1 nitrogen and oxygen atoms in total.